The van der Waals surface area contributed by atoms with Crippen LogP contribution in [-0.2, 0) is 4.79 Å². The van der Waals surface area contributed by atoms with Crippen LogP contribution in [0.15, 0.2) is 52.4 Å². The zero-order chi connectivity index (χ0) is 17.1. The van der Waals surface area contributed by atoms with Gasteiger partial charge in [0, 0.05) is 5.56 Å². The molecule has 3 rings (SSSR count). The van der Waals surface area contributed by atoms with Crippen molar-refractivity contribution in [2.75, 3.05) is 7.11 Å². The Labute approximate surface area is 153 Å². The molecule has 1 amide bonds. The van der Waals surface area contributed by atoms with Crippen molar-refractivity contribution < 1.29 is 9.53 Å². The van der Waals surface area contributed by atoms with E-state index in [1.165, 1.54) is 11.8 Å². The minimum Gasteiger partial charge on any atom is -0.496 e. The normalized spacial score (nSPS) is 17.4. The number of amidine groups is 1. The molecule has 1 saturated heterocycles. The number of carbonyl (C=O) groups is 1. The summed E-state index contributed by atoms with van der Waals surface area (Å²) in [6, 6.07) is 12.6. The maximum atomic E-state index is 12.1. The minimum atomic E-state index is -0.220. The average Bonchev–Trinajstić information content (AvgIpc) is 2.92. The van der Waals surface area contributed by atoms with Crippen molar-refractivity contribution in [3.8, 4) is 5.75 Å². The molecule has 122 valence electrons. The Bertz CT molecular complexity index is 865. The molecular weight excluding hydrogens is 367 g/mol. The van der Waals surface area contributed by atoms with E-state index in [1.807, 2.05) is 24.3 Å². The van der Waals surface area contributed by atoms with Crippen molar-refractivity contribution >= 4 is 57.8 Å². The maximum Gasteiger partial charge on any atom is 0.264 e. The lowest BCUT2D eigenvalue weighted by molar-refractivity contribution is -0.115. The molecule has 0 bridgehead atoms. The Morgan fingerprint density at radius 2 is 1.96 bits per heavy atom. The van der Waals surface area contributed by atoms with E-state index in [0.29, 0.717) is 31.6 Å². The number of nitrogens with zero attached hydrogens (tertiary/aromatic N) is 1. The maximum absolute atomic E-state index is 12.1. The van der Waals surface area contributed by atoms with Crippen molar-refractivity contribution in [3.63, 3.8) is 0 Å². The predicted molar refractivity (Wildman–Crippen MR) is 100 cm³/mol. The summed E-state index contributed by atoms with van der Waals surface area (Å²) < 4.78 is 5.29. The van der Waals surface area contributed by atoms with Crippen molar-refractivity contribution in [1.29, 1.82) is 0 Å². The summed E-state index contributed by atoms with van der Waals surface area (Å²) in [5, 5.41) is 3.93. The number of nitrogens with one attached hydrogen (secondary N) is 1. The van der Waals surface area contributed by atoms with Crippen molar-refractivity contribution in [2.45, 2.75) is 0 Å². The first-order valence-corrected chi connectivity index (χ1v) is 8.52. The summed E-state index contributed by atoms with van der Waals surface area (Å²) in [7, 11) is 1.59. The molecule has 0 radical (unpaired) electrons. The first-order chi connectivity index (χ1) is 11.6. The summed E-state index contributed by atoms with van der Waals surface area (Å²) in [6.45, 7) is 0. The molecule has 0 saturated carbocycles. The molecular formula is C17H12Cl2N2O2S. The number of methoxy groups -OCH3 is 1. The predicted octanol–water partition coefficient (Wildman–Crippen LogP) is 4.89. The van der Waals surface area contributed by atoms with Crippen LogP contribution >= 0.6 is 35.0 Å². The van der Waals surface area contributed by atoms with Crippen molar-refractivity contribution in [1.82, 2.24) is 5.32 Å². The highest BCUT2D eigenvalue weighted by Gasteiger charge is 2.24. The van der Waals surface area contributed by atoms with Gasteiger partial charge in [0.15, 0.2) is 5.17 Å². The van der Waals surface area contributed by atoms with Gasteiger partial charge in [0.1, 0.15) is 5.75 Å². The first kappa shape index (κ1) is 16.9. The van der Waals surface area contributed by atoms with E-state index < -0.39 is 0 Å². The fourth-order valence-electron chi connectivity index (χ4n) is 2.10. The van der Waals surface area contributed by atoms with Crippen molar-refractivity contribution in [3.05, 3.63) is 63.0 Å². The second kappa shape index (κ2) is 7.30. The minimum absolute atomic E-state index is 0.220. The lowest BCUT2D eigenvalue weighted by atomic mass is 10.2. The number of thioether (sulfide) groups is 1. The molecule has 0 aromatic heterocycles. The van der Waals surface area contributed by atoms with E-state index in [2.05, 4.69) is 10.3 Å². The van der Waals surface area contributed by atoms with Gasteiger partial charge in [0.05, 0.1) is 27.7 Å². The molecule has 1 heterocycles. The van der Waals surface area contributed by atoms with Crippen LogP contribution in [0.1, 0.15) is 5.56 Å². The number of hydrogen-bond donors (Lipinski definition) is 1. The average molecular weight is 379 g/mol. The van der Waals surface area contributed by atoms with Crippen LogP contribution in [0.25, 0.3) is 6.08 Å². The van der Waals surface area contributed by atoms with Crippen LogP contribution in [0.5, 0.6) is 5.75 Å². The summed E-state index contributed by atoms with van der Waals surface area (Å²) in [4.78, 5) is 17.0. The van der Waals surface area contributed by atoms with Gasteiger partial charge in [-0.05, 0) is 36.0 Å². The van der Waals surface area contributed by atoms with Crippen LogP contribution < -0.4 is 10.1 Å². The van der Waals surface area contributed by atoms with Crippen LogP contribution in [0, 0.1) is 0 Å². The number of amides is 1. The topological polar surface area (TPSA) is 50.7 Å². The number of para-hydroxylation sites is 1. The molecule has 2 aromatic carbocycles. The largest absolute Gasteiger partial charge is 0.496 e. The number of ether oxygens (including phenoxy) is 1. The number of aliphatic imine (C=N–C) groups is 1. The fraction of sp³-hybridized carbons (Fsp3) is 0.0588. The Morgan fingerprint density at radius 1 is 1.17 bits per heavy atom. The summed E-state index contributed by atoms with van der Waals surface area (Å²) in [6.07, 6.45) is 1.76. The van der Waals surface area contributed by atoms with Crippen molar-refractivity contribution in [2.24, 2.45) is 4.99 Å². The Hall–Kier alpha value is -1.95. The summed E-state index contributed by atoms with van der Waals surface area (Å²) >= 11 is 13.3. The van der Waals surface area contributed by atoms with Crippen LogP contribution in [-0.4, -0.2) is 18.2 Å². The van der Waals surface area contributed by atoms with Gasteiger partial charge >= 0.3 is 0 Å². The zero-order valence-corrected chi connectivity index (χ0v) is 14.9. The Balaban J connectivity index is 1.90. The third-order valence-corrected chi connectivity index (χ3v) is 4.95. The lowest BCUT2D eigenvalue weighted by Gasteiger charge is -2.03. The lowest BCUT2D eigenvalue weighted by Crippen LogP contribution is -2.19. The van der Waals surface area contributed by atoms with E-state index >= 15 is 0 Å². The molecule has 24 heavy (non-hydrogen) atoms. The van der Waals surface area contributed by atoms with E-state index in [0.717, 1.165) is 5.56 Å². The van der Waals surface area contributed by atoms with Crippen LogP contribution in [0.3, 0.4) is 0 Å². The molecule has 0 atom stereocenters. The highest BCUT2D eigenvalue weighted by molar-refractivity contribution is 8.18. The van der Waals surface area contributed by atoms with Gasteiger partial charge in [-0.3, -0.25) is 4.79 Å². The standard InChI is InChI=1S/C17H12Cl2N2O2S/c1-23-13-8-3-2-5-10(13)9-14-16(22)21-17(24-14)20-12-7-4-6-11(18)15(12)19/h2-9H,1H3,(H,20,21,22)/b14-9+. The first-order valence-electron chi connectivity index (χ1n) is 6.95. The molecule has 7 heteroatoms. The molecule has 2 aromatic rings. The number of hydrogen-bond acceptors (Lipinski definition) is 4. The molecule has 1 N–H and O–H groups in total. The van der Waals surface area contributed by atoms with Crippen LogP contribution in [0.4, 0.5) is 5.69 Å². The number of halogens is 2. The monoisotopic (exact) mass is 378 g/mol. The third kappa shape index (κ3) is 3.59. The Morgan fingerprint density at radius 3 is 2.75 bits per heavy atom. The van der Waals surface area contributed by atoms with Gasteiger partial charge in [-0.25, -0.2) is 4.99 Å². The highest BCUT2D eigenvalue weighted by atomic mass is 35.5. The molecule has 4 nitrogen and oxygen atoms in total. The molecule has 1 aliphatic rings. The highest BCUT2D eigenvalue weighted by Crippen LogP contribution is 2.35. The molecule has 1 aliphatic heterocycles. The summed E-state index contributed by atoms with van der Waals surface area (Å²) in [5.41, 5.74) is 1.32. The van der Waals surface area contributed by atoms with E-state index in [4.69, 9.17) is 27.9 Å². The van der Waals surface area contributed by atoms with Gasteiger partial charge in [0.2, 0.25) is 0 Å². The molecule has 0 unspecified atom stereocenters. The molecule has 0 spiro atoms. The second-order valence-corrected chi connectivity index (χ2v) is 6.61. The van der Waals surface area contributed by atoms with Gasteiger partial charge < -0.3 is 10.1 Å². The fourth-order valence-corrected chi connectivity index (χ4v) is 3.26. The SMILES string of the molecule is COc1ccccc1/C=C1/SC(=Nc2cccc(Cl)c2Cl)NC1=O. The zero-order valence-electron chi connectivity index (χ0n) is 12.5. The summed E-state index contributed by atoms with van der Waals surface area (Å²) in [5.74, 6) is 0.476. The smallest absolute Gasteiger partial charge is 0.264 e. The van der Waals surface area contributed by atoms with Gasteiger partial charge in [0.25, 0.3) is 5.91 Å². The quantitative estimate of drug-likeness (QED) is 0.773. The third-order valence-electron chi connectivity index (χ3n) is 3.23. The van der Waals surface area contributed by atoms with E-state index in [9.17, 15) is 4.79 Å². The van der Waals surface area contributed by atoms with Gasteiger partial charge in [-0.1, -0.05) is 47.5 Å². The van der Waals surface area contributed by atoms with Gasteiger partial charge in [-0.2, -0.15) is 0 Å². The number of carbonyl (C=O) groups excluding carboxylic acids is 1. The van der Waals surface area contributed by atoms with Gasteiger partial charge in [-0.15, -0.1) is 0 Å². The Kier molecular flexibility index (Phi) is 5.14. The second-order valence-electron chi connectivity index (χ2n) is 4.80. The van der Waals surface area contributed by atoms with E-state index in [1.54, 1.807) is 31.4 Å². The van der Waals surface area contributed by atoms with E-state index in [-0.39, 0.29) is 5.91 Å². The molecule has 0 aliphatic carbocycles. The number of rotatable bonds is 3. The molecule has 1 fully saturated rings. The van der Waals surface area contributed by atoms with Crippen LogP contribution in [0.2, 0.25) is 10.0 Å². The number of benzene rings is 2.